The number of rotatable bonds is 7. The molecule has 152 valence electrons. The summed E-state index contributed by atoms with van der Waals surface area (Å²) in [6.45, 7) is 3.30. The zero-order chi connectivity index (χ0) is 19.8. The summed E-state index contributed by atoms with van der Waals surface area (Å²) < 4.78 is 0. The molecule has 0 radical (unpaired) electrons. The molecule has 1 N–H and O–H groups in total. The van der Waals surface area contributed by atoms with Crippen LogP contribution in [0.1, 0.15) is 70.3 Å². The highest BCUT2D eigenvalue weighted by atomic mass is 16.2. The summed E-state index contributed by atoms with van der Waals surface area (Å²) in [6.07, 6.45) is 11.5. The highest BCUT2D eigenvalue weighted by Crippen LogP contribution is 2.29. The highest BCUT2D eigenvalue weighted by molar-refractivity contribution is 5.88. The molecule has 0 aromatic heterocycles. The zero-order valence-corrected chi connectivity index (χ0v) is 17.2. The first-order valence-electron chi connectivity index (χ1n) is 10.9. The molecule has 4 heteroatoms. The average Bonchev–Trinajstić information content (AvgIpc) is 3.13. The first kappa shape index (κ1) is 20.6. The normalized spacial score (nSPS) is 21.2. The third-order valence-electron chi connectivity index (χ3n) is 6.08. The van der Waals surface area contributed by atoms with Crippen molar-refractivity contribution in [1.82, 2.24) is 10.2 Å². The van der Waals surface area contributed by atoms with E-state index < -0.39 is 0 Å². The molecule has 2 fully saturated rings. The fourth-order valence-electron chi connectivity index (χ4n) is 4.51. The Hall–Kier alpha value is -2.10. The molecule has 1 heterocycles. The number of carbonyl (C=O) groups excluding carboxylic acids is 2. The molecule has 1 aliphatic heterocycles. The highest BCUT2D eigenvalue weighted by Gasteiger charge is 2.31. The molecule has 2 amide bonds. The minimum Gasteiger partial charge on any atom is -0.354 e. The standard InChI is InChI=1S/C24H34N2O2/c1-19(17-21-11-3-2-4-12-21)18-26(22-13-7-8-16-25-24(22)28)23(27)15-14-20-9-5-6-10-20/h2-4,11-12,17,20,22H,5-10,13-16,18H2,1H3,(H,25,28)/b19-17+. The quantitative estimate of drug-likeness (QED) is 0.752. The molecular weight excluding hydrogens is 348 g/mol. The van der Waals surface area contributed by atoms with Crippen LogP contribution in [0.25, 0.3) is 6.08 Å². The Kier molecular flexibility index (Phi) is 7.70. The van der Waals surface area contributed by atoms with Gasteiger partial charge < -0.3 is 10.2 Å². The predicted molar refractivity (Wildman–Crippen MR) is 114 cm³/mol. The lowest BCUT2D eigenvalue weighted by Crippen LogP contribution is -2.49. The molecular formula is C24H34N2O2. The number of hydrogen-bond donors (Lipinski definition) is 1. The van der Waals surface area contributed by atoms with Gasteiger partial charge in [0.05, 0.1) is 0 Å². The summed E-state index contributed by atoms with van der Waals surface area (Å²) in [4.78, 5) is 27.7. The van der Waals surface area contributed by atoms with Gasteiger partial charge in [-0.05, 0) is 44.1 Å². The van der Waals surface area contributed by atoms with Gasteiger partial charge in [-0.3, -0.25) is 9.59 Å². The summed E-state index contributed by atoms with van der Waals surface area (Å²) in [7, 11) is 0. The lowest BCUT2D eigenvalue weighted by Gasteiger charge is -2.31. The van der Waals surface area contributed by atoms with E-state index in [0.29, 0.717) is 18.9 Å². The van der Waals surface area contributed by atoms with Crippen LogP contribution in [0, 0.1) is 5.92 Å². The van der Waals surface area contributed by atoms with Crippen molar-refractivity contribution in [3.05, 3.63) is 41.5 Å². The Labute approximate surface area is 169 Å². The number of nitrogens with zero attached hydrogens (tertiary/aromatic N) is 1. The summed E-state index contributed by atoms with van der Waals surface area (Å²) in [6, 6.07) is 9.83. The van der Waals surface area contributed by atoms with Crippen molar-refractivity contribution in [3.8, 4) is 0 Å². The Morgan fingerprint density at radius 1 is 1.11 bits per heavy atom. The van der Waals surface area contributed by atoms with Gasteiger partial charge in [-0.15, -0.1) is 0 Å². The van der Waals surface area contributed by atoms with E-state index in [1.165, 1.54) is 25.7 Å². The number of nitrogens with one attached hydrogen (secondary N) is 1. The van der Waals surface area contributed by atoms with Crippen LogP contribution < -0.4 is 5.32 Å². The molecule has 1 aromatic carbocycles. The first-order chi connectivity index (χ1) is 13.6. The van der Waals surface area contributed by atoms with Crippen molar-refractivity contribution in [2.24, 2.45) is 5.92 Å². The van der Waals surface area contributed by atoms with Crippen LogP contribution >= 0.6 is 0 Å². The van der Waals surface area contributed by atoms with Crippen molar-refractivity contribution < 1.29 is 9.59 Å². The number of amides is 2. The SMILES string of the molecule is C/C(=C\c1ccccc1)CN(C(=O)CCC1CCCC1)C1CCCCNC1=O. The van der Waals surface area contributed by atoms with E-state index in [1.54, 1.807) is 0 Å². The van der Waals surface area contributed by atoms with Crippen molar-refractivity contribution >= 4 is 17.9 Å². The van der Waals surface area contributed by atoms with Crippen LogP contribution in [-0.2, 0) is 9.59 Å². The summed E-state index contributed by atoms with van der Waals surface area (Å²) >= 11 is 0. The van der Waals surface area contributed by atoms with Gasteiger partial charge in [0.15, 0.2) is 0 Å². The van der Waals surface area contributed by atoms with Crippen LogP contribution in [0.2, 0.25) is 0 Å². The maximum atomic E-state index is 13.2. The van der Waals surface area contributed by atoms with Crippen LogP contribution in [0.3, 0.4) is 0 Å². The largest absolute Gasteiger partial charge is 0.354 e. The molecule has 1 unspecified atom stereocenters. The first-order valence-corrected chi connectivity index (χ1v) is 10.9. The second-order valence-electron chi connectivity index (χ2n) is 8.41. The van der Waals surface area contributed by atoms with E-state index >= 15 is 0 Å². The van der Waals surface area contributed by atoms with E-state index in [-0.39, 0.29) is 17.9 Å². The molecule has 1 aliphatic carbocycles. The Bertz CT molecular complexity index is 677. The van der Waals surface area contributed by atoms with Gasteiger partial charge in [-0.25, -0.2) is 0 Å². The van der Waals surface area contributed by atoms with E-state index in [0.717, 1.165) is 43.4 Å². The maximum Gasteiger partial charge on any atom is 0.242 e. The molecule has 28 heavy (non-hydrogen) atoms. The van der Waals surface area contributed by atoms with Crippen LogP contribution in [-0.4, -0.2) is 35.8 Å². The lowest BCUT2D eigenvalue weighted by molar-refractivity contribution is -0.140. The van der Waals surface area contributed by atoms with Gasteiger partial charge in [-0.1, -0.05) is 67.7 Å². The topological polar surface area (TPSA) is 49.4 Å². The van der Waals surface area contributed by atoms with E-state index in [9.17, 15) is 9.59 Å². The Morgan fingerprint density at radius 3 is 2.57 bits per heavy atom. The van der Waals surface area contributed by atoms with Crippen LogP contribution in [0.4, 0.5) is 0 Å². The molecule has 1 aromatic rings. The maximum absolute atomic E-state index is 13.2. The molecule has 1 saturated heterocycles. The monoisotopic (exact) mass is 382 g/mol. The minimum atomic E-state index is -0.335. The second kappa shape index (κ2) is 10.4. The molecule has 3 rings (SSSR count). The average molecular weight is 383 g/mol. The number of hydrogen-bond acceptors (Lipinski definition) is 2. The predicted octanol–water partition coefficient (Wildman–Crippen LogP) is 4.56. The Balaban J connectivity index is 1.71. The van der Waals surface area contributed by atoms with E-state index in [2.05, 4.69) is 30.4 Å². The van der Waals surface area contributed by atoms with Gasteiger partial charge >= 0.3 is 0 Å². The molecule has 0 bridgehead atoms. The van der Waals surface area contributed by atoms with Gasteiger partial charge in [0.2, 0.25) is 11.8 Å². The van der Waals surface area contributed by atoms with Gasteiger partial charge in [-0.2, -0.15) is 0 Å². The van der Waals surface area contributed by atoms with Crippen molar-refractivity contribution in [3.63, 3.8) is 0 Å². The fraction of sp³-hybridized carbons (Fsp3) is 0.583. The molecule has 4 nitrogen and oxygen atoms in total. The Morgan fingerprint density at radius 2 is 1.82 bits per heavy atom. The van der Waals surface area contributed by atoms with Gasteiger partial charge in [0, 0.05) is 19.5 Å². The van der Waals surface area contributed by atoms with Crippen molar-refractivity contribution in [1.29, 1.82) is 0 Å². The third kappa shape index (κ3) is 5.95. The van der Waals surface area contributed by atoms with E-state index in [4.69, 9.17) is 0 Å². The summed E-state index contributed by atoms with van der Waals surface area (Å²) in [5.41, 5.74) is 2.24. The molecule has 1 saturated carbocycles. The minimum absolute atomic E-state index is 0.0132. The van der Waals surface area contributed by atoms with Crippen molar-refractivity contribution in [2.75, 3.05) is 13.1 Å². The zero-order valence-electron chi connectivity index (χ0n) is 17.2. The van der Waals surface area contributed by atoms with Gasteiger partial charge in [0.25, 0.3) is 0 Å². The van der Waals surface area contributed by atoms with Crippen LogP contribution in [0.15, 0.2) is 35.9 Å². The van der Waals surface area contributed by atoms with Crippen LogP contribution in [0.5, 0.6) is 0 Å². The second-order valence-corrected chi connectivity index (χ2v) is 8.41. The van der Waals surface area contributed by atoms with Crippen molar-refractivity contribution in [2.45, 2.75) is 70.8 Å². The molecule has 2 aliphatic rings. The number of carbonyl (C=O) groups is 2. The molecule has 0 spiro atoms. The summed E-state index contributed by atoms with van der Waals surface area (Å²) in [5, 5.41) is 3.00. The lowest BCUT2D eigenvalue weighted by atomic mass is 10.00. The smallest absolute Gasteiger partial charge is 0.242 e. The summed E-state index contributed by atoms with van der Waals surface area (Å²) in [5.74, 6) is 0.837. The third-order valence-corrected chi connectivity index (χ3v) is 6.08. The van der Waals surface area contributed by atoms with Gasteiger partial charge in [0.1, 0.15) is 6.04 Å². The van der Waals surface area contributed by atoms with E-state index in [1.807, 2.05) is 23.1 Å². The molecule has 1 atom stereocenters. The number of benzene rings is 1. The fourth-order valence-corrected chi connectivity index (χ4v) is 4.51.